The van der Waals surface area contributed by atoms with Gasteiger partial charge < -0.3 is 4.42 Å². The van der Waals surface area contributed by atoms with E-state index in [4.69, 9.17) is 4.42 Å². The van der Waals surface area contributed by atoms with Crippen LogP contribution in [0.3, 0.4) is 0 Å². The van der Waals surface area contributed by atoms with Crippen LogP contribution in [0.5, 0.6) is 0 Å². The van der Waals surface area contributed by atoms with Crippen molar-refractivity contribution in [1.29, 1.82) is 0 Å². The molecule has 1 aliphatic rings. The Kier molecular flexibility index (Phi) is 6.15. The fraction of sp³-hybridized carbons (Fsp3) is 0.409. The van der Waals surface area contributed by atoms with Gasteiger partial charge in [0.05, 0.1) is 5.75 Å². The summed E-state index contributed by atoms with van der Waals surface area (Å²) in [6.45, 7) is 2.61. The highest BCUT2D eigenvalue weighted by atomic mass is 32.2. The number of oxazole rings is 1. The number of rotatable bonds is 7. The Bertz CT molecular complexity index is 1200. The zero-order valence-corrected chi connectivity index (χ0v) is 18.1. The first-order valence-electron chi connectivity index (χ1n) is 10.4. The smallest absolute Gasteiger partial charge is 0.214 e. The molecule has 1 aromatic heterocycles. The van der Waals surface area contributed by atoms with Gasteiger partial charge in [-0.05, 0) is 48.6 Å². The molecular formula is C22H24FN3O4S. The molecule has 2 heterocycles. The van der Waals surface area contributed by atoms with Gasteiger partial charge in [0.15, 0.2) is 11.5 Å². The SMILES string of the molecule is CCCS(=O)(=O)N1CCC(c2nc3cc(-c4ccc(CN=O)c(F)c4)ccc3o2)CC1. The molecule has 3 aromatic rings. The summed E-state index contributed by atoms with van der Waals surface area (Å²) in [4.78, 5) is 15.0. The Morgan fingerprint density at radius 1 is 1.16 bits per heavy atom. The monoisotopic (exact) mass is 445 g/mol. The zero-order valence-electron chi connectivity index (χ0n) is 17.3. The molecule has 0 spiro atoms. The van der Waals surface area contributed by atoms with E-state index in [1.807, 2.05) is 19.1 Å². The van der Waals surface area contributed by atoms with E-state index < -0.39 is 15.8 Å². The second kappa shape index (κ2) is 8.84. The van der Waals surface area contributed by atoms with Gasteiger partial charge in [0.1, 0.15) is 17.9 Å². The predicted octanol–water partition coefficient (Wildman–Crippen LogP) is 4.82. The third-order valence-electron chi connectivity index (χ3n) is 5.68. The Morgan fingerprint density at radius 3 is 2.55 bits per heavy atom. The number of fused-ring (bicyclic) bond motifs is 1. The average Bonchev–Trinajstić information content (AvgIpc) is 3.19. The van der Waals surface area contributed by atoms with Crippen LogP contribution in [0.25, 0.3) is 22.2 Å². The lowest BCUT2D eigenvalue weighted by Crippen LogP contribution is -2.39. The van der Waals surface area contributed by atoms with Gasteiger partial charge in [0.2, 0.25) is 10.0 Å². The van der Waals surface area contributed by atoms with Crippen LogP contribution in [0.2, 0.25) is 0 Å². The van der Waals surface area contributed by atoms with Crippen molar-refractivity contribution in [2.45, 2.75) is 38.6 Å². The molecule has 4 rings (SSSR count). The molecule has 31 heavy (non-hydrogen) atoms. The molecule has 0 N–H and O–H groups in total. The molecule has 9 heteroatoms. The van der Waals surface area contributed by atoms with Crippen LogP contribution in [-0.2, 0) is 16.6 Å². The van der Waals surface area contributed by atoms with Gasteiger partial charge in [-0.15, -0.1) is 0 Å². The summed E-state index contributed by atoms with van der Waals surface area (Å²) in [6.07, 6.45) is 1.94. The van der Waals surface area contributed by atoms with Crippen LogP contribution in [0.1, 0.15) is 43.6 Å². The van der Waals surface area contributed by atoms with Gasteiger partial charge in [-0.1, -0.05) is 30.3 Å². The molecule has 0 bridgehead atoms. The Balaban J connectivity index is 1.52. The zero-order chi connectivity index (χ0) is 22.0. The Morgan fingerprint density at radius 2 is 1.87 bits per heavy atom. The van der Waals surface area contributed by atoms with Crippen molar-refractivity contribution in [3.63, 3.8) is 0 Å². The number of hydrogen-bond donors (Lipinski definition) is 0. The number of piperidine rings is 1. The second-order valence-electron chi connectivity index (χ2n) is 7.82. The highest BCUT2D eigenvalue weighted by Crippen LogP contribution is 2.33. The first-order valence-corrected chi connectivity index (χ1v) is 12.0. The molecule has 0 saturated carbocycles. The van der Waals surface area contributed by atoms with Crippen LogP contribution >= 0.6 is 0 Å². The minimum atomic E-state index is -3.18. The fourth-order valence-corrected chi connectivity index (χ4v) is 5.53. The number of hydrogen-bond acceptors (Lipinski definition) is 6. The summed E-state index contributed by atoms with van der Waals surface area (Å²) in [5.74, 6) is 0.383. The third-order valence-corrected chi connectivity index (χ3v) is 7.76. The second-order valence-corrected chi connectivity index (χ2v) is 9.91. The third kappa shape index (κ3) is 4.52. The summed E-state index contributed by atoms with van der Waals surface area (Å²) in [5.41, 5.74) is 3.04. The molecule has 0 amide bonds. The minimum absolute atomic E-state index is 0.0662. The summed E-state index contributed by atoms with van der Waals surface area (Å²) in [5, 5.41) is 2.74. The molecule has 7 nitrogen and oxygen atoms in total. The van der Waals surface area contributed by atoms with Crippen LogP contribution < -0.4 is 0 Å². The molecule has 1 saturated heterocycles. The Labute approximate surface area is 180 Å². The quantitative estimate of drug-likeness (QED) is 0.486. The molecule has 2 aromatic carbocycles. The molecule has 0 unspecified atom stereocenters. The average molecular weight is 446 g/mol. The lowest BCUT2D eigenvalue weighted by Gasteiger charge is -2.29. The van der Waals surface area contributed by atoms with E-state index in [1.54, 1.807) is 22.5 Å². The largest absolute Gasteiger partial charge is 0.440 e. The lowest BCUT2D eigenvalue weighted by atomic mass is 9.98. The standard InChI is InChI=1S/C22H24FN3O4S/c1-2-11-31(28,29)26-9-7-15(8-10-26)22-25-20-13-17(5-6-21(20)30-22)16-3-4-18(14-24-27)19(23)12-16/h3-6,12-13,15H,2,7-11,14H2,1H3. The van der Waals surface area contributed by atoms with E-state index in [-0.39, 0.29) is 23.8 Å². The van der Waals surface area contributed by atoms with Crippen molar-refractivity contribution >= 4 is 21.1 Å². The van der Waals surface area contributed by atoms with Crippen molar-refractivity contribution in [3.05, 3.63) is 58.6 Å². The summed E-state index contributed by atoms with van der Waals surface area (Å²) in [7, 11) is -3.18. The topological polar surface area (TPSA) is 92.8 Å². The first-order chi connectivity index (χ1) is 14.9. The highest BCUT2D eigenvalue weighted by Gasteiger charge is 2.30. The lowest BCUT2D eigenvalue weighted by molar-refractivity contribution is 0.293. The van der Waals surface area contributed by atoms with Crippen LogP contribution in [0.4, 0.5) is 4.39 Å². The van der Waals surface area contributed by atoms with Gasteiger partial charge in [-0.3, -0.25) is 0 Å². The van der Waals surface area contributed by atoms with Crippen LogP contribution in [0.15, 0.2) is 46.0 Å². The maximum Gasteiger partial charge on any atom is 0.214 e. The summed E-state index contributed by atoms with van der Waals surface area (Å²) in [6, 6.07) is 10.2. The first kappa shape index (κ1) is 21.6. The van der Waals surface area contributed by atoms with E-state index in [0.717, 1.165) is 5.56 Å². The fourth-order valence-electron chi connectivity index (χ4n) is 3.99. The van der Waals surface area contributed by atoms with Crippen molar-refractivity contribution in [3.8, 4) is 11.1 Å². The van der Waals surface area contributed by atoms with E-state index in [9.17, 15) is 17.7 Å². The Hall–Kier alpha value is -2.65. The van der Waals surface area contributed by atoms with Gasteiger partial charge in [0.25, 0.3) is 0 Å². The van der Waals surface area contributed by atoms with E-state index in [2.05, 4.69) is 10.2 Å². The maximum atomic E-state index is 14.2. The summed E-state index contributed by atoms with van der Waals surface area (Å²) < 4.78 is 46.2. The van der Waals surface area contributed by atoms with E-state index in [1.165, 1.54) is 6.07 Å². The van der Waals surface area contributed by atoms with Gasteiger partial charge in [-0.25, -0.2) is 22.1 Å². The number of nitrogens with zero attached hydrogens (tertiary/aromatic N) is 3. The molecular weight excluding hydrogens is 421 g/mol. The van der Waals surface area contributed by atoms with Crippen molar-refractivity contribution in [2.24, 2.45) is 5.18 Å². The molecule has 1 fully saturated rings. The molecule has 0 atom stereocenters. The molecule has 0 aliphatic carbocycles. The van der Waals surface area contributed by atoms with Crippen molar-refractivity contribution < 1.29 is 17.2 Å². The number of benzene rings is 2. The van der Waals surface area contributed by atoms with Crippen LogP contribution in [-0.4, -0.2) is 36.5 Å². The van der Waals surface area contributed by atoms with Gasteiger partial charge >= 0.3 is 0 Å². The number of aromatic nitrogens is 1. The van der Waals surface area contributed by atoms with Gasteiger partial charge in [0, 0.05) is 24.6 Å². The van der Waals surface area contributed by atoms with E-state index in [0.29, 0.717) is 54.9 Å². The predicted molar refractivity (Wildman–Crippen MR) is 117 cm³/mol. The molecule has 164 valence electrons. The van der Waals surface area contributed by atoms with Crippen molar-refractivity contribution in [1.82, 2.24) is 9.29 Å². The molecule has 0 radical (unpaired) electrons. The number of nitroso groups, excluding NO2 is 1. The van der Waals surface area contributed by atoms with Gasteiger partial charge in [-0.2, -0.15) is 4.91 Å². The minimum Gasteiger partial charge on any atom is -0.440 e. The van der Waals surface area contributed by atoms with Crippen molar-refractivity contribution in [2.75, 3.05) is 18.8 Å². The van der Waals surface area contributed by atoms with E-state index >= 15 is 0 Å². The normalized spacial score (nSPS) is 16.1. The van der Waals surface area contributed by atoms with Crippen LogP contribution in [0, 0.1) is 10.7 Å². The molecule has 1 aliphatic heterocycles. The summed E-state index contributed by atoms with van der Waals surface area (Å²) >= 11 is 0. The number of sulfonamides is 1. The maximum absolute atomic E-state index is 14.2. The highest BCUT2D eigenvalue weighted by molar-refractivity contribution is 7.89. The number of halogens is 1.